The van der Waals surface area contributed by atoms with Crippen molar-refractivity contribution in [3.05, 3.63) is 29.7 Å². The molecule has 4 nitrogen and oxygen atoms in total. The van der Waals surface area contributed by atoms with Gasteiger partial charge in [-0.3, -0.25) is 4.90 Å². The monoisotopic (exact) mass is 265 g/mol. The molecule has 0 N–H and O–H groups in total. The molecule has 1 aromatic heterocycles. The highest BCUT2D eigenvalue weighted by Gasteiger charge is 2.20. The van der Waals surface area contributed by atoms with Crippen LogP contribution in [0.4, 0.5) is 0 Å². The number of furan rings is 1. The summed E-state index contributed by atoms with van der Waals surface area (Å²) >= 11 is 0. The van der Waals surface area contributed by atoms with Crippen LogP contribution in [-0.2, 0) is 9.47 Å². The Hall–Kier alpha value is -1.10. The summed E-state index contributed by atoms with van der Waals surface area (Å²) in [6.07, 6.45) is 5.06. The van der Waals surface area contributed by atoms with Crippen molar-refractivity contribution in [1.82, 2.24) is 4.90 Å². The molecule has 1 aliphatic rings. The van der Waals surface area contributed by atoms with Gasteiger partial charge >= 0.3 is 0 Å². The number of morpholine rings is 1. The van der Waals surface area contributed by atoms with E-state index in [4.69, 9.17) is 13.9 Å². The molecule has 106 valence electrons. The van der Waals surface area contributed by atoms with Crippen LogP contribution in [0.2, 0.25) is 0 Å². The summed E-state index contributed by atoms with van der Waals surface area (Å²) in [5, 5.41) is 0. The van der Waals surface area contributed by atoms with Crippen LogP contribution in [0, 0.1) is 0 Å². The van der Waals surface area contributed by atoms with E-state index < -0.39 is 0 Å². The molecule has 0 bridgehead atoms. The fraction of sp³-hybridized carbons (Fsp3) is 0.600. The van der Waals surface area contributed by atoms with E-state index in [0.717, 1.165) is 45.0 Å². The molecule has 0 aliphatic carbocycles. The van der Waals surface area contributed by atoms with Gasteiger partial charge in [0.1, 0.15) is 5.76 Å². The maximum Gasteiger partial charge on any atom is 0.126 e. The quantitative estimate of drug-likeness (QED) is 0.791. The molecule has 19 heavy (non-hydrogen) atoms. The summed E-state index contributed by atoms with van der Waals surface area (Å²) < 4.78 is 16.2. The van der Waals surface area contributed by atoms with Crippen molar-refractivity contribution in [3.8, 4) is 0 Å². The molecule has 0 saturated carbocycles. The fourth-order valence-corrected chi connectivity index (χ4v) is 2.36. The zero-order valence-electron chi connectivity index (χ0n) is 11.8. The third-order valence-corrected chi connectivity index (χ3v) is 3.27. The Morgan fingerprint density at radius 1 is 1.58 bits per heavy atom. The van der Waals surface area contributed by atoms with E-state index in [-0.39, 0.29) is 0 Å². The van der Waals surface area contributed by atoms with Gasteiger partial charge in [-0.2, -0.15) is 0 Å². The number of hydrogen-bond acceptors (Lipinski definition) is 4. The number of ether oxygens (including phenoxy) is 2. The fourth-order valence-electron chi connectivity index (χ4n) is 2.36. The molecule has 0 amide bonds. The summed E-state index contributed by atoms with van der Waals surface area (Å²) in [5.41, 5.74) is 1.31. The summed E-state index contributed by atoms with van der Waals surface area (Å²) in [6, 6.07) is 3.89. The lowest BCUT2D eigenvalue weighted by Gasteiger charge is -2.33. The molecule has 2 heterocycles. The Morgan fingerprint density at radius 2 is 2.47 bits per heavy atom. The van der Waals surface area contributed by atoms with E-state index in [1.165, 1.54) is 5.57 Å². The van der Waals surface area contributed by atoms with Crippen LogP contribution in [0.5, 0.6) is 0 Å². The highest BCUT2D eigenvalue weighted by molar-refractivity contribution is 5.46. The second kappa shape index (κ2) is 7.48. The third-order valence-electron chi connectivity index (χ3n) is 3.27. The van der Waals surface area contributed by atoms with Gasteiger partial charge in [0.05, 0.1) is 19.0 Å². The molecule has 0 radical (unpaired) electrons. The lowest BCUT2D eigenvalue weighted by atomic mass is 10.2. The maximum atomic E-state index is 5.74. The summed E-state index contributed by atoms with van der Waals surface area (Å²) in [6.45, 7) is 6.65. The van der Waals surface area contributed by atoms with Crippen molar-refractivity contribution in [3.63, 3.8) is 0 Å². The summed E-state index contributed by atoms with van der Waals surface area (Å²) in [7, 11) is 1.73. The van der Waals surface area contributed by atoms with Gasteiger partial charge < -0.3 is 13.9 Å². The van der Waals surface area contributed by atoms with Crippen LogP contribution in [0.1, 0.15) is 19.1 Å². The first-order valence-corrected chi connectivity index (χ1v) is 6.81. The van der Waals surface area contributed by atoms with E-state index in [2.05, 4.69) is 17.9 Å². The van der Waals surface area contributed by atoms with E-state index in [1.807, 2.05) is 12.1 Å². The number of hydrogen-bond donors (Lipinski definition) is 0. The van der Waals surface area contributed by atoms with Crippen molar-refractivity contribution in [2.24, 2.45) is 0 Å². The van der Waals surface area contributed by atoms with Crippen molar-refractivity contribution in [2.75, 3.05) is 40.0 Å². The van der Waals surface area contributed by atoms with Crippen LogP contribution >= 0.6 is 0 Å². The summed E-state index contributed by atoms with van der Waals surface area (Å²) in [5.74, 6) is 0.918. The van der Waals surface area contributed by atoms with Crippen molar-refractivity contribution in [2.45, 2.75) is 19.4 Å². The van der Waals surface area contributed by atoms with Crippen LogP contribution in [-0.4, -0.2) is 51.0 Å². The Morgan fingerprint density at radius 3 is 3.21 bits per heavy atom. The SMILES string of the molecule is COCC[C@H]1CN(C/C(C)=C/c2ccco2)CCO1. The first-order valence-electron chi connectivity index (χ1n) is 6.81. The molecule has 0 aromatic carbocycles. The smallest absolute Gasteiger partial charge is 0.126 e. The maximum absolute atomic E-state index is 5.74. The van der Waals surface area contributed by atoms with Gasteiger partial charge in [-0.1, -0.05) is 5.57 Å². The number of rotatable bonds is 6. The average molecular weight is 265 g/mol. The molecule has 1 aliphatic heterocycles. The van der Waals surface area contributed by atoms with Gasteiger partial charge in [-0.15, -0.1) is 0 Å². The zero-order chi connectivity index (χ0) is 13.5. The van der Waals surface area contributed by atoms with Gasteiger partial charge in [-0.25, -0.2) is 0 Å². The number of methoxy groups -OCH3 is 1. The van der Waals surface area contributed by atoms with E-state index >= 15 is 0 Å². The molecule has 4 heteroatoms. The average Bonchev–Trinajstić information content (AvgIpc) is 2.89. The van der Waals surface area contributed by atoms with Crippen LogP contribution < -0.4 is 0 Å². The topological polar surface area (TPSA) is 34.8 Å². The van der Waals surface area contributed by atoms with E-state index in [1.54, 1.807) is 13.4 Å². The highest BCUT2D eigenvalue weighted by atomic mass is 16.5. The number of nitrogens with zero attached hydrogens (tertiary/aromatic N) is 1. The minimum absolute atomic E-state index is 0.296. The van der Waals surface area contributed by atoms with Crippen LogP contribution in [0.3, 0.4) is 0 Å². The largest absolute Gasteiger partial charge is 0.465 e. The van der Waals surface area contributed by atoms with Crippen molar-refractivity contribution < 1.29 is 13.9 Å². The third kappa shape index (κ3) is 4.82. The van der Waals surface area contributed by atoms with Crippen LogP contribution in [0.25, 0.3) is 6.08 Å². The summed E-state index contributed by atoms with van der Waals surface area (Å²) in [4.78, 5) is 2.43. The van der Waals surface area contributed by atoms with Gasteiger partial charge in [0.15, 0.2) is 0 Å². The molecule has 1 fully saturated rings. The minimum Gasteiger partial charge on any atom is -0.465 e. The van der Waals surface area contributed by atoms with E-state index in [0.29, 0.717) is 6.10 Å². The predicted molar refractivity (Wildman–Crippen MR) is 75.0 cm³/mol. The van der Waals surface area contributed by atoms with Crippen molar-refractivity contribution in [1.29, 1.82) is 0 Å². The molecular formula is C15H23NO3. The molecule has 1 aromatic rings. The lowest BCUT2D eigenvalue weighted by Crippen LogP contribution is -2.43. The van der Waals surface area contributed by atoms with E-state index in [9.17, 15) is 0 Å². The van der Waals surface area contributed by atoms with Crippen molar-refractivity contribution >= 4 is 6.08 Å². The molecule has 2 rings (SSSR count). The molecular weight excluding hydrogens is 242 g/mol. The van der Waals surface area contributed by atoms with Crippen LogP contribution in [0.15, 0.2) is 28.4 Å². The van der Waals surface area contributed by atoms with Gasteiger partial charge in [0.2, 0.25) is 0 Å². The Balaban J connectivity index is 1.81. The highest BCUT2D eigenvalue weighted by Crippen LogP contribution is 2.13. The molecule has 0 spiro atoms. The Kier molecular flexibility index (Phi) is 5.63. The molecule has 1 saturated heterocycles. The second-order valence-corrected chi connectivity index (χ2v) is 5.02. The first kappa shape index (κ1) is 14.3. The minimum atomic E-state index is 0.296. The standard InChI is InChI=1S/C15H23NO3/c1-13(10-14-4-3-7-18-14)11-16-6-9-19-15(12-16)5-8-17-2/h3-4,7,10,15H,5-6,8-9,11-12H2,1-2H3/b13-10+/t15-/m0/s1. The van der Waals surface area contributed by atoms with Gasteiger partial charge in [0.25, 0.3) is 0 Å². The predicted octanol–water partition coefficient (Wildman–Crippen LogP) is 2.42. The Labute approximate surface area is 115 Å². The lowest BCUT2D eigenvalue weighted by molar-refractivity contribution is -0.0378. The first-order chi connectivity index (χ1) is 9.28. The van der Waals surface area contributed by atoms with Gasteiger partial charge in [0, 0.05) is 33.4 Å². The second-order valence-electron chi connectivity index (χ2n) is 5.02. The molecule has 1 atom stereocenters. The normalized spacial score (nSPS) is 21.8. The Bertz CT molecular complexity index is 386. The van der Waals surface area contributed by atoms with Gasteiger partial charge in [-0.05, 0) is 31.6 Å². The zero-order valence-corrected chi connectivity index (χ0v) is 11.8. The molecule has 0 unspecified atom stereocenters.